The topological polar surface area (TPSA) is 46.0 Å². The monoisotopic (exact) mass is 274 g/mol. The minimum Gasteiger partial charge on any atom is -0.250 e. The van der Waals surface area contributed by atoms with E-state index in [1.54, 1.807) is 10.9 Å². The van der Waals surface area contributed by atoms with E-state index in [4.69, 9.17) is 12.2 Å². The molecule has 0 fully saturated rings. The summed E-state index contributed by atoms with van der Waals surface area (Å²) < 4.78 is 2.18. The van der Waals surface area contributed by atoms with E-state index in [0.717, 1.165) is 17.8 Å². The Balaban J connectivity index is 2.22. The third kappa shape index (κ3) is 3.17. The minimum atomic E-state index is 0.520. The molecular weight excluding hydrogens is 256 g/mol. The second kappa shape index (κ2) is 5.93. The molecular formula is C14H18N4S. The van der Waals surface area contributed by atoms with Crippen molar-refractivity contribution in [3.8, 4) is 0 Å². The summed E-state index contributed by atoms with van der Waals surface area (Å²) in [4.78, 5) is 0. The molecule has 0 spiro atoms. The molecule has 1 aromatic heterocycles. The van der Waals surface area contributed by atoms with Gasteiger partial charge < -0.3 is 0 Å². The first-order chi connectivity index (χ1) is 9.11. The first kappa shape index (κ1) is 13.7. The highest BCUT2D eigenvalue weighted by molar-refractivity contribution is 7.71. The summed E-state index contributed by atoms with van der Waals surface area (Å²) in [5.41, 5.74) is 2.38. The fourth-order valence-corrected chi connectivity index (χ4v) is 1.96. The third-order valence-electron chi connectivity index (χ3n) is 2.96. The normalized spacial score (nSPS) is 11.6. The molecule has 0 saturated heterocycles. The molecule has 19 heavy (non-hydrogen) atoms. The lowest BCUT2D eigenvalue weighted by atomic mass is 10.0. The fourth-order valence-electron chi connectivity index (χ4n) is 1.76. The number of aromatic nitrogens is 3. The van der Waals surface area contributed by atoms with E-state index in [1.807, 2.05) is 6.92 Å². The average Bonchev–Trinajstić information content (AvgIpc) is 2.77. The van der Waals surface area contributed by atoms with Crippen LogP contribution in [0.1, 0.15) is 43.6 Å². The summed E-state index contributed by atoms with van der Waals surface area (Å²) >= 11 is 5.14. The molecule has 0 aliphatic heterocycles. The Bertz CT molecular complexity index is 620. The zero-order valence-electron chi connectivity index (χ0n) is 11.4. The van der Waals surface area contributed by atoms with E-state index < -0.39 is 0 Å². The molecule has 2 aromatic rings. The molecule has 0 saturated carbocycles. The van der Waals surface area contributed by atoms with Crippen molar-refractivity contribution in [2.75, 3.05) is 0 Å². The molecule has 2 rings (SSSR count). The number of hydrogen-bond donors (Lipinski definition) is 1. The van der Waals surface area contributed by atoms with Crippen molar-refractivity contribution < 1.29 is 0 Å². The number of hydrogen-bond acceptors (Lipinski definition) is 3. The first-order valence-electron chi connectivity index (χ1n) is 6.42. The van der Waals surface area contributed by atoms with Gasteiger partial charge in [-0.2, -0.15) is 14.9 Å². The van der Waals surface area contributed by atoms with Crippen LogP contribution in [0.25, 0.3) is 0 Å². The van der Waals surface area contributed by atoms with Gasteiger partial charge in [-0.1, -0.05) is 45.0 Å². The third-order valence-corrected chi connectivity index (χ3v) is 3.22. The summed E-state index contributed by atoms with van der Waals surface area (Å²) in [6.07, 6.45) is 2.59. The van der Waals surface area contributed by atoms with Gasteiger partial charge in [-0.25, -0.2) is 0 Å². The molecule has 4 nitrogen and oxygen atoms in total. The number of nitrogens with one attached hydrogen (secondary N) is 1. The zero-order chi connectivity index (χ0) is 13.8. The van der Waals surface area contributed by atoms with E-state index in [9.17, 15) is 0 Å². The van der Waals surface area contributed by atoms with Crippen LogP contribution in [-0.2, 0) is 6.42 Å². The molecule has 0 aliphatic rings. The maximum absolute atomic E-state index is 5.14. The molecule has 1 aromatic carbocycles. The van der Waals surface area contributed by atoms with Gasteiger partial charge in [0.1, 0.15) is 0 Å². The summed E-state index contributed by atoms with van der Waals surface area (Å²) in [6, 6.07) is 8.38. The number of H-pyrrole nitrogens is 1. The van der Waals surface area contributed by atoms with Crippen LogP contribution in [0.4, 0.5) is 0 Å². The molecule has 0 atom stereocenters. The predicted octanol–water partition coefficient (Wildman–Crippen LogP) is 3.51. The number of benzene rings is 1. The molecule has 1 heterocycles. The van der Waals surface area contributed by atoms with Crippen LogP contribution in [-0.4, -0.2) is 21.1 Å². The highest BCUT2D eigenvalue weighted by atomic mass is 32.1. The summed E-state index contributed by atoms with van der Waals surface area (Å²) in [5, 5.41) is 11.2. The lowest BCUT2D eigenvalue weighted by Gasteiger charge is -2.04. The molecule has 100 valence electrons. The van der Waals surface area contributed by atoms with Crippen LogP contribution >= 0.6 is 12.2 Å². The van der Waals surface area contributed by atoms with Crippen molar-refractivity contribution in [1.29, 1.82) is 0 Å². The van der Waals surface area contributed by atoms with Gasteiger partial charge in [0, 0.05) is 6.42 Å². The molecule has 1 N–H and O–H groups in total. The molecule has 0 aliphatic carbocycles. The SMILES string of the molecule is CCc1n[nH]c(=S)n1/N=C/c1ccc(C(C)C)cc1. The molecule has 0 amide bonds. The maximum atomic E-state index is 5.14. The van der Waals surface area contributed by atoms with Crippen molar-refractivity contribution >= 4 is 18.4 Å². The average molecular weight is 274 g/mol. The molecule has 0 bridgehead atoms. The second-order valence-electron chi connectivity index (χ2n) is 4.68. The Labute approximate surface area is 118 Å². The smallest absolute Gasteiger partial charge is 0.216 e. The van der Waals surface area contributed by atoms with Gasteiger partial charge >= 0.3 is 0 Å². The molecule has 0 unspecified atom stereocenters. The largest absolute Gasteiger partial charge is 0.250 e. The Morgan fingerprint density at radius 2 is 2.05 bits per heavy atom. The number of rotatable bonds is 4. The standard InChI is InChI=1S/C14H18N4S/c1-4-13-16-17-14(19)18(13)15-9-11-5-7-12(8-6-11)10(2)3/h5-10H,4H2,1-3H3,(H,17,19)/b15-9+. The highest BCUT2D eigenvalue weighted by Crippen LogP contribution is 2.14. The van der Waals surface area contributed by atoms with Crippen LogP contribution in [0, 0.1) is 4.77 Å². The lowest BCUT2D eigenvalue weighted by molar-refractivity contribution is 0.780. The Morgan fingerprint density at radius 3 is 2.63 bits per heavy atom. The van der Waals surface area contributed by atoms with Gasteiger partial charge in [0.15, 0.2) is 5.82 Å². The molecule has 5 heteroatoms. The summed E-state index contributed by atoms with van der Waals surface area (Å²) in [5.74, 6) is 1.38. The van der Waals surface area contributed by atoms with Crippen LogP contribution in [0.3, 0.4) is 0 Å². The molecule has 0 radical (unpaired) electrons. The van der Waals surface area contributed by atoms with Crippen molar-refractivity contribution in [2.45, 2.75) is 33.1 Å². The van der Waals surface area contributed by atoms with Gasteiger partial charge in [0.05, 0.1) is 6.21 Å². The quantitative estimate of drug-likeness (QED) is 0.685. The summed E-state index contributed by atoms with van der Waals surface area (Å²) in [6.45, 7) is 6.39. The van der Waals surface area contributed by atoms with Crippen LogP contribution < -0.4 is 0 Å². The van der Waals surface area contributed by atoms with Crippen LogP contribution in [0.2, 0.25) is 0 Å². The van der Waals surface area contributed by atoms with E-state index in [2.05, 4.69) is 53.4 Å². The van der Waals surface area contributed by atoms with Gasteiger partial charge in [-0.3, -0.25) is 5.10 Å². The number of nitrogens with zero attached hydrogens (tertiary/aromatic N) is 3. The van der Waals surface area contributed by atoms with Crippen molar-refractivity contribution in [1.82, 2.24) is 14.9 Å². The summed E-state index contributed by atoms with van der Waals surface area (Å²) in [7, 11) is 0. The van der Waals surface area contributed by atoms with Gasteiger partial charge in [0.2, 0.25) is 4.77 Å². The van der Waals surface area contributed by atoms with Gasteiger partial charge in [-0.05, 0) is 29.3 Å². The van der Waals surface area contributed by atoms with Gasteiger partial charge in [-0.15, -0.1) is 0 Å². The second-order valence-corrected chi connectivity index (χ2v) is 5.06. The predicted molar refractivity (Wildman–Crippen MR) is 80.3 cm³/mol. The Morgan fingerprint density at radius 1 is 1.37 bits per heavy atom. The lowest BCUT2D eigenvalue weighted by Crippen LogP contribution is -1.97. The number of aryl methyl sites for hydroxylation is 1. The van der Waals surface area contributed by atoms with Crippen molar-refractivity contribution in [3.63, 3.8) is 0 Å². The Hall–Kier alpha value is -1.75. The van der Waals surface area contributed by atoms with Crippen molar-refractivity contribution in [3.05, 3.63) is 46.0 Å². The fraction of sp³-hybridized carbons (Fsp3) is 0.357. The van der Waals surface area contributed by atoms with Crippen molar-refractivity contribution in [2.24, 2.45) is 5.10 Å². The minimum absolute atomic E-state index is 0.520. The van der Waals surface area contributed by atoms with E-state index in [-0.39, 0.29) is 0 Å². The maximum Gasteiger partial charge on any atom is 0.216 e. The van der Waals surface area contributed by atoms with E-state index in [0.29, 0.717) is 10.7 Å². The first-order valence-corrected chi connectivity index (χ1v) is 6.83. The van der Waals surface area contributed by atoms with E-state index >= 15 is 0 Å². The Kier molecular flexibility index (Phi) is 4.27. The van der Waals surface area contributed by atoms with Crippen LogP contribution in [0.15, 0.2) is 29.4 Å². The highest BCUT2D eigenvalue weighted by Gasteiger charge is 2.01. The number of aromatic amines is 1. The van der Waals surface area contributed by atoms with Gasteiger partial charge in [0.25, 0.3) is 0 Å². The zero-order valence-corrected chi connectivity index (χ0v) is 12.2. The van der Waals surface area contributed by atoms with E-state index in [1.165, 1.54) is 5.56 Å². The van der Waals surface area contributed by atoms with Crippen LogP contribution in [0.5, 0.6) is 0 Å².